The minimum Gasteiger partial charge on any atom is -0.398 e. The van der Waals surface area contributed by atoms with E-state index in [1.807, 2.05) is 13.0 Å². The van der Waals surface area contributed by atoms with E-state index in [1.54, 1.807) is 0 Å². The predicted molar refractivity (Wildman–Crippen MR) is 67.4 cm³/mol. The standard InChI is InChI=1S/C13H16N2O3/c1-7-6-8(4-3-5-16)9-10(11(7)14)13(18)15(2)12(9)17/h6,16H,3-5,14H2,1-2H3. The van der Waals surface area contributed by atoms with Crippen LogP contribution in [0.1, 0.15) is 38.3 Å². The van der Waals surface area contributed by atoms with Gasteiger partial charge < -0.3 is 10.8 Å². The molecule has 0 spiro atoms. The number of aryl methyl sites for hydroxylation is 2. The quantitative estimate of drug-likeness (QED) is 0.610. The molecule has 0 fully saturated rings. The monoisotopic (exact) mass is 248 g/mol. The van der Waals surface area contributed by atoms with Crippen molar-refractivity contribution in [2.45, 2.75) is 19.8 Å². The van der Waals surface area contributed by atoms with Gasteiger partial charge in [0.2, 0.25) is 0 Å². The summed E-state index contributed by atoms with van der Waals surface area (Å²) in [5.41, 5.74) is 8.57. The van der Waals surface area contributed by atoms with Gasteiger partial charge in [-0.25, -0.2) is 0 Å². The lowest BCUT2D eigenvalue weighted by Crippen LogP contribution is -2.24. The molecule has 0 radical (unpaired) electrons. The number of aliphatic hydroxyl groups is 1. The smallest absolute Gasteiger partial charge is 0.263 e. The van der Waals surface area contributed by atoms with Crippen LogP contribution >= 0.6 is 0 Å². The fourth-order valence-corrected chi connectivity index (χ4v) is 2.26. The molecule has 1 aliphatic heterocycles. The van der Waals surface area contributed by atoms with E-state index in [1.165, 1.54) is 7.05 Å². The average molecular weight is 248 g/mol. The molecule has 2 amide bonds. The first-order valence-corrected chi connectivity index (χ1v) is 5.84. The van der Waals surface area contributed by atoms with Crippen LogP contribution in [0.25, 0.3) is 0 Å². The maximum Gasteiger partial charge on any atom is 0.263 e. The van der Waals surface area contributed by atoms with Gasteiger partial charge in [0.05, 0.1) is 11.1 Å². The summed E-state index contributed by atoms with van der Waals surface area (Å²) in [4.78, 5) is 25.1. The lowest BCUT2D eigenvalue weighted by Gasteiger charge is -2.10. The summed E-state index contributed by atoms with van der Waals surface area (Å²) in [5.74, 6) is -0.656. The van der Waals surface area contributed by atoms with Crippen LogP contribution in [0.4, 0.5) is 5.69 Å². The van der Waals surface area contributed by atoms with Gasteiger partial charge in [0.1, 0.15) is 0 Å². The fraction of sp³-hybridized carbons (Fsp3) is 0.385. The van der Waals surface area contributed by atoms with Gasteiger partial charge in [0.25, 0.3) is 11.8 Å². The lowest BCUT2D eigenvalue weighted by molar-refractivity contribution is 0.0693. The molecular weight excluding hydrogens is 232 g/mol. The molecule has 3 N–H and O–H groups in total. The van der Waals surface area contributed by atoms with Crippen molar-refractivity contribution in [3.8, 4) is 0 Å². The number of fused-ring (bicyclic) bond motifs is 1. The summed E-state index contributed by atoms with van der Waals surface area (Å²) in [6, 6.07) is 1.83. The molecule has 1 heterocycles. The highest BCUT2D eigenvalue weighted by molar-refractivity contribution is 6.24. The van der Waals surface area contributed by atoms with Gasteiger partial charge in [-0.1, -0.05) is 6.07 Å². The van der Waals surface area contributed by atoms with E-state index in [2.05, 4.69) is 0 Å². The number of aliphatic hydroxyl groups excluding tert-OH is 1. The second-order valence-corrected chi connectivity index (χ2v) is 4.51. The molecule has 0 unspecified atom stereocenters. The Morgan fingerprint density at radius 1 is 1.28 bits per heavy atom. The van der Waals surface area contributed by atoms with Crippen LogP contribution in [0.15, 0.2) is 6.07 Å². The number of nitrogens with zero attached hydrogens (tertiary/aromatic N) is 1. The van der Waals surface area contributed by atoms with Crippen molar-refractivity contribution in [3.63, 3.8) is 0 Å². The largest absolute Gasteiger partial charge is 0.398 e. The number of rotatable bonds is 3. The minimum atomic E-state index is -0.346. The first-order chi connectivity index (χ1) is 8.49. The predicted octanol–water partition coefficient (Wildman–Crippen LogP) is 0.728. The molecule has 0 bridgehead atoms. The van der Waals surface area contributed by atoms with Crippen molar-refractivity contribution in [2.24, 2.45) is 0 Å². The van der Waals surface area contributed by atoms with Crippen LogP contribution in [0.2, 0.25) is 0 Å². The second kappa shape index (κ2) is 4.42. The van der Waals surface area contributed by atoms with E-state index >= 15 is 0 Å². The molecular formula is C13H16N2O3. The number of nitrogen functional groups attached to an aromatic ring is 1. The number of carbonyl (C=O) groups is 2. The highest BCUT2D eigenvalue weighted by Crippen LogP contribution is 2.32. The third-order valence-corrected chi connectivity index (χ3v) is 3.30. The molecule has 1 aliphatic rings. The lowest BCUT2D eigenvalue weighted by atomic mass is 9.94. The van der Waals surface area contributed by atoms with E-state index in [-0.39, 0.29) is 18.4 Å². The number of hydrogen-bond donors (Lipinski definition) is 2. The van der Waals surface area contributed by atoms with Gasteiger partial charge in [0.15, 0.2) is 0 Å². The summed E-state index contributed by atoms with van der Waals surface area (Å²) >= 11 is 0. The molecule has 5 nitrogen and oxygen atoms in total. The van der Waals surface area contributed by atoms with Gasteiger partial charge in [0, 0.05) is 19.3 Å². The number of benzene rings is 1. The van der Waals surface area contributed by atoms with Crippen LogP contribution in [0.3, 0.4) is 0 Å². The normalized spacial score (nSPS) is 14.3. The van der Waals surface area contributed by atoms with Crippen molar-refractivity contribution < 1.29 is 14.7 Å². The molecule has 1 aromatic rings. The summed E-state index contributed by atoms with van der Waals surface area (Å²) in [7, 11) is 1.45. The van der Waals surface area contributed by atoms with Crippen molar-refractivity contribution >= 4 is 17.5 Å². The SMILES string of the molecule is Cc1cc(CCCO)c2c(c1N)C(=O)N(C)C2=O. The van der Waals surface area contributed by atoms with Crippen molar-refractivity contribution in [3.05, 3.63) is 28.3 Å². The van der Waals surface area contributed by atoms with E-state index in [4.69, 9.17) is 10.8 Å². The number of anilines is 1. The molecule has 1 aromatic carbocycles. The fourth-order valence-electron chi connectivity index (χ4n) is 2.26. The summed E-state index contributed by atoms with van der Waals surface area (Å²) < 4.78 is 0. The molecule has 96 valence electrons. The molecule has 0 aromatic heterocycles. The van der Waals surface area contributed by atoms with Crippen molar-refractivity contribution in [1.29, 1.82) is 0 Å². The van der Waals surface area contributed by atoms with Crippen LogP contribution in [-0.4, -0.2) is 35.5 Å². The number of imide groups is 1. The summed E-state index contributed by atoms with van der Waals surface area (Å²) in [5, 5.41) is 8.88. The Labute approximate surface area is 105 Å². The van der Waals surface area contributed by atoms with Gasteiger partial charge in [-0.3, -0.25) is 14.5 Å². The van der Waals surface area contributed by atoms with Crippen molar-refractivity contribution in [2.75, 3.05) is 19.4 Å². The maximum atomic E-state index is 12.0. The maximum absolute atomic E-state index is 12.0. The topological polar surface area (TPSA) is 83.6 Å². The molecule has 0 aliphatic carbocycles. The number of carbonyl (C=O) groups excluding carboxylic acids is 2. The van der Waals surface area contributed by atoms with E-state index in [9.17, 15) is 9.59 Å². The molecule has 18 heavy (non-hydrogen) atoms. The third kappa shape index (κ3) is 1.67. The van der Waals surface area contributed by atoms with Gasteiger partial charge in [-0.2, -0.15) is 0 Å². The highest BCUT2D eigenvalue weighted by atomic mass is 16.3. The number of amides is 2. The van der Waals surface area contributed by atoms with Crippen molar-refractivity contribution in [1.82, 2.24) is 4.90 Å². The van der Waals surface area contributed by atoms with Crippen LogP contribution in [0.5, 0.6) is 0 Å². The molecule has 0 atom stereocenters. The Balaban J connectivity index is 2.63. The van der Waals surface area contributed by atoms with Gasteiger partial charge >= 0.3 is 0 Å². The van der Waals surface area contributed by atoms with Crippen LogP contribution < -0.4 is 5.73 Å². The third-order valence-electron chi connectivity index (χ3n) is 3.30. The first-order valence-electron chi connectivity index (χ1n) is 5.84. The number of nitrogens with two attached hydrogens (primary N) is 1. The van der Waals surface area contributed by atoms with E-state index in [0.717, 1.165) is 16.0 Å². The van der Waals surface area contributed by atoms with E-state index in [0.29, 0.717) is 29.7 Å². The van der Waals surface area contributed by atoms with E-state index < -0.39 is 0 Å². The molecule has 0 saturated heterocycles. The van der Waals surface area contributed by atoms with Crippen LogP contribution in [-0.2, 0) is 6.42 Å². The molecule has 2 rings (SSSR count). The van der Waals surface area contributed by atoms with Gasteiger partial charge in [-0.15, -0.1) is 0 Å². The molecule has 5 heteroatoms. The average Bonchev–Trinajstić information content (AvgIpc) is 2.57. The Bertz CT molecular complexity index is 538. The Morgan fingerprint density at radius 2 is 1.89 bits per heavy atom. The zero-order valence-corrected chi connectivity index (χ0v) is 10.5. The Hall–Kier alpha value is -1.88. The zero-order valence-electron chi connectivity index (χ0n) is 10.5. The minimum absolute atomic E-state index is 0.0518. The zero-order chi connectivity index (χ0) is 13.4. The number of hydrogen-bond acceptors (Lipinski definition) is 4. The Morgan fingerprint density at radius 3 is 2.50 bits per heavy atom. The summed E-state index contributed by atoms with van der Waals surface area (Å²) in [6.45, 7) is 1.87. The highest BCUT2D eigenvalue weighted by Gasteiger charge is 2.37. The first kappa shape index (κ1) is 12.6. The van der Waals surface area contributed by atoms with Gasteiger partial charge in [-0.05, 0) is 30.9 Å². The summed E-state index contributed by atoms with van der Waals surface area (Å²) in [6.07, 6.45) is 1.12. The molecule has 0 saturated carbocycles. The van der Waals surface area contributed by atoms with Crippen LogP contribution in [0, 0.1) is 6.92 Å². The Kier molecular flexibility index (Phi) is 3.09. The second-order valence-electron chi connectivity index (χ2n) is 4.51.